The van der Waals surface area contributed by atoms with Crippen molar-refractivity contribution in [1.29, 1.82) is 0 Å². The lowest BCUT2D eigenvalue weighted by molar-refractivity contribution is -0.277. The maximum Gasteiger partial charge on any atom is 0.229 e. The Morgan fingerprint density at radius 3 is 2.45 bits per heavy atom. The van der Waals surface area contributed by atoms with Crippen LogP contribution in [0.1, 0.15) is 28.4 Å². The molecule has 2 aliphatic rings. The summed E-state index contributed by atoms with van der Waals surface area (Å²) < 4.78 is 16.8. The van der Waals surface area contributed by atoms with E-state index in [1.165, 1.54) is 36.4 Å². The molecule has 0 unspecified atom stereocenters. The number of rotatable bonds is 4. The molecule has 2 aliphatic heterocycles. The zero-order valence-corrected chi connectivity index (χ0v) is 16.2. The van der Waals surface area contributed by atoms with Gasteiger partial charge in [0.25, 0.3) is 0 Å². The van der Waals surface area contributed by atoms with Crippen LogP contribution in [0.4, 0.5) is 0 Å². The smallest absolute Gasteiger partial charge is 0.229 e. The summed E-state index contributed by atoms with van der Waals surface area (Å²) in [5.41, 5.74) is 0.815. The molecule has 0 saturated carbocycles. The lowest BCUT2D eigenvalue weighted by Gasteiger charge is -2.39. The third-order valence-corrected chi connectivity index (χ3v) is 5.37. The summed E-state index contributed by atoms with van der Waals surface area (Å²) in [6.07, 6.45) is -7.84. The molecular formula is C21H22O10. The van der Waals surface area contributed by atoms with Crippen LogP contribution in [-0.2, 0) is 4.74 Å². The second kappa shape index (κ2) is 8.33. The quantitative estimate of drug-likeness (QED) is 0.360. The number of aliphatic hydroxyl groups excluding tert-OH is 4. The molecule has 0 aromatic heterocycles. The van der Waals surface area contributed by atoms with Crippen LogP contribution in [0.5, 0.6) is 23.0 Å². The van der Waals surface area contributed by atoms with Gasteiger partial charge in [0.2, 0.25) is 6.29 Å². The van der Waals surface area contributed by atoms with Gasteiger partial charge in [0.05, 0.1) is 18.6 Å². The zero-order chi connectivity index (χ0) is 22.3. The van der Waals surface area contributed by atoms with Crippen molar-refractivity contribution in [2.75, 3.05) is 6.61 Å². The van der Waals surface area contributed by atoms with Gasteiger partial charge in [-0.15, -0.1) is 0 Å². The van der Waals surface area contributed by atoms with Gasteiger partial charge in [0, 0.05) is 6.07 Å². The van der Waals surface area contributed by atoms with Crippen molar-refractivity contribution in [3.63, 3.8) is 0 Å². The van der Waals surface area contributed by atoms with Gasteiger partial charge in [-0.1, -0.05) is 6.07 Å². The molecule has 6 atom stereocenters. The summed E-state index contributed by atoms with van der Waals surface area (Å²) in [6.45, 7) is -0.590. The van der Waals surface area contributed by atoms with Gasteiger partial charge in [0.15, 0.2) is 17.3 Å². The van der Waals surface area contributed by atoms with E-state index in [2.05, 4.69) is 0 Å². The normalized spacial score (nSPS) is 30.4. The summed E-state index contributed by atoms with van der Waals surface area (Å²) in [7, 11) is 0. The molecule has 0 aliphatic carbocycles. The number of benzene rings is 2. The second-order valence-corrected chi connectivity index (χ2v) is 7.46. The molecule has 4 rings (SSSR count). The Morgan fingerprint density at radius 2 is 1.74 bits per heavy atom. The van der Waals surface area contributed by atoms with Crippen molar-refractivity contribution in [3.8, 4) is 23.0 Å². The molecule has 166 valence electrons. The van der Waals surface area contributed by atoms with E-state index in [4.69, 9.17) is 14.2 Å². The van der Waals surface area contributed by atoms with E-state index in [-0.39, 0.29) is 35.2 Å². The minimum absolute atomic E-state index is 0.0319. The largest absolute Gasteiger partial charge is 0.504 e. The van der Waals surface area contributed by atoms with Crippen LogP contribution in [0, 0.1) is 0 Å². The summed E-state index contributed by atoms with van der Waals surface area (Å²) >= 11 is 0. The highest BCUT2D eigenvalue weighted by molar-refractivity contribution is 6.00. The highest BCUT2D eigenvalue weighted by Gasteiger charge is 2.44. The van der Waals surface area contributed by atoms with E-state index in [1.54, 1.807) is 0 Å². The van der Waals surface area contributed by atoms with E-state index in [0.717, 1.165) is 0 Å². The molecule has 0 radical (unpaired) electrons. The van der Waals surface area contributed by atoms with Crippen LogP contribution in [0.25, 0.3) is 0 Å². The predicted octanol–water partition coefficient (Wildman–Crippen LogP) is -0.0170. The average Bonchev–Trinajstić information content (AvgIpc) is 2.75. The molecular weight excluding hydrogens is 412 g/mol. The van der Waals surface area contributed by atoms with Gasteiger partial charge < -0.3 is 44.8 Å². The molecule has 1 saturated heterocycles. The Morgan fingerprint density at radius 1 is 0.968 bits per heavy atom. The Hall–Kier alpha value is -2.89. The van der Waals surface area contributed by atoms with Gasteiger partial charge in [-0.3, -0.25) is 4.79 Å². The first-order chi connectivity index (χ1) is 14.8. The number of phenolic OH excluding ortho intramolecular Hbond substituents is 2. The number of ketones is 1. The topological polar surface area (TPSA) is 166 Å². The number of aliphatic hydroxyl groups is 4. The maximum atomic E-state index is 12.5. The zero-order valence-electron chi connectivity index (χ0n) is 16.2. The molecule has 0 amide bonds. The Kier molecular flexibility index (Phi) is 5.73. The monoisotopic (exact) mass is 434 g/mol. The summed E-state index contributed by atoms with van der Waals surface area (Å²) in [5, 5.41) is 58.4. The summed E-state index contributed by atoms with van der Waals surface area (Å²) in [6, 6.07) is 8.52. The predicted molar refractivity (Wildman–Crippen MR) is 103 cm³/mol. The molecule has 2 aromatic rings. The van der Waals surface area contributed by atoms with Crippen LogP contribution in [0.3, 0.4) is 0 Å². The van der Waals surface area contributed by atoms with Gasteiger partial charge in [0.1, 0.15) is 42.0 Å². The molecule has 6 N–H and O–H groups in total. The number of ether oxygens (including phenoxy) is 3. The Balaban J connectivity index is 1.55. The molecule has 31 heavy (non-hydrogen) atoms. The van der Waals surface area contributed by atoms with Crippen LogP contribution in [-0.4, -0.2) is 73.7 Å². The number of carbonyl (C=O) groups is 1. The van der Waals surface area contributed by atoms with E-state index >= 15 is 0 Å². The molecule has 0 spiro atoms. The SMILES string of the molecule is O=C1C[C@@H](c2ccc(O)c(O)c2)Oc2cc(O[C@@H]3O[C@H](CO)[C@@H](O)[C@H](O)[C@H]3O)ccc21. The Labute approximate surface area is 176 Å². The first kappa shape index (κ1) is 21.3. The van der Waals surface area contributed by atoms with E-state index in [0.29, 0.717) is 11.1 Å². The van der Waals surface area contributed by atoms with Crippen LogP contribution in [0.15, 0.2) is 36.4 Å². The summed E-state index contributed by atoms with van der Waals surface area (Å²) in [5.74, 6) is -0.459. The van der Waals surface area contributed by atoms with E-state index in [9.17, 15) is 35.4 Å². The van der Waals surface area contributed by atoms with Crippen molar-refractivity contribution in [3.05, 3.63) is 47.5 Å². The molecule has 10 nitrogen and oxygen atoms in total. The number of hydrogen-bond donors (Lipinski definition) is 6. The van der Waals surface area contributed by atoms with Crippen molar-refractivity contribution in [1.82, 2.24) is 0 Å². The van der Waals surface area contributed by atoms with E-state index in [1.807, 2.05) is 0 Å². The molecule has 2 heterocycles. The van der Waals surface area contributed by atoms with Crippen molar-refractivity contribution >= 4 is 5.78 Å². The number of Topliss-reactive ketones (excluding diaryl/α,β-unsaturated/α-hetero) is 1. The van der Waals surface area contributed by atoms with Crippen molar-refractivity contribution in [2.24, 2.45) is 0 Å². The lowest BCUT2D eigenvalue weighted by Crippen LogP contribution is -2.60. The third-order valence-electron chi connectivity index (χ3n) is 5.37. The van der Waals surface area contributed by atoms with Crippen molar-refractivity contribution in [2.45, 2.75) is 43.2 Å². The van der Waals surface area contributed by atoms with E-state index < -0.39 is 43.4 Å². The average molecular weight is 434 g/mol. The van der Waals surface area contributed by atoms with Crippen LogP contribution in [0.2, 0.25) is 0 Å². The molecule has 10 heteroatoms. The van der Waals surface area contributed by atoms with Gasteiger partial charge >= 0.3 is 0 Å². The Bertz CT molecular complexity index is 975. The first-order valence-electron chi connectivity index (χ1n) is 9.61. The number of carbonyl (C=O) groups excluding carboxylic acids is 1. The first-order valence-corrected chi connectivity index (χ1v) is 9.61. The van der Waals surface area contributed by atoms with Crippen LogP contribution < -0.4 is 9.47 Å². The fraction of sp³-hybridized carbons (Fsp3) is 0.381. The third kappa shape index (κ3) is 4.03. The number of fused-ring (bicyclic) bond motifs is 1. The molecule has 2 aromatic carbocycles. The van der Waals surface area contributed by atoms with Crippen molar-refractivity contribution < 1.29 is 49.6 Å². The molecule has 0 bridgehead atoms. The molecule has 1 fully saturated rings. The summed E-state index contributed by atoms with van der Waals surface area (Å²) in [4.78, 5) is 12.5. The fourth-order valence-electron chi connectivity index (χ4n) is 3.60. The highest BCUT2D eigenvalue weighted by atomic mass is 16.7. The second-order valence-electron chi connectivity index (χ2n) is 7.46. The number of hydrogen-bond acceptors (Lipinski definition) is 10. The van der Waals surface area contributed by atoms with Crippen LogP contribution >= 0.6 is 0 Å². The van der Waals surface area contributed by atoms with Gasteiger partial charge in [-0.2, -0.15) is 0 Å². The maximum absolute atomic E-state index is 12.5. The standard InChI is InChI=1S/C21H22O10/c22-8-17-18(26)19(27)20(28)21(31-17)29-10-2-3-11-13(24)7-15(30-16(11)6-10)9-1-4-12(23)14(25)5-9/h1-6,15,17-23,25-28H,7-8H2/t15-,17+,18+,19-,20+,21+/m0/s1. The number of aromatic hydroxyl groups is 2. The fourth-order valence-corrected chi connectivity index (χ4v) is 3.60. The number of phenols is 2. The minimum atomic E-state index is -1.59. The highest BCUT2D eigenvalue weighted by Crippen LogP contribution is 2.39. The van der Waals surface area contributed by atoms with Gasteiger partial charge in [-0.05, 0) is 29.8 Å². The minimum Gasteiger partial charge on any atom is -0.504 e. The van der Waals surface area contributed by atoms with Gasteiger partial charge in [-0.25, -0.2) is 0 Å². The lowest BCUT2D eigenvalue weighted by atomic mass is 9.96.